The van der Waals surface area contributed by atoms with Gasteiger partial charge in [0.25, 0.3) is 0 Å². The summed E-state index contributed by atoms with van der Waals surface area (Å²) >= 11 is 0. The van der Waals surface area contributed by atoms with Gasteiger partial charge in [0, 0.05) is 23.4 Å². The molecule has 1 heterocycles. The van der Waals surface area contributed by atoms with Crippen LogP contribution in [0.15, 0.2) is 36.4 Å². The fourth-order valence-corrected chi connectivity index (χ4v) is 2.14. The molecule has 0 spiro atoms. The second-order valence-electron chi connectivity index (χ2n) is 4.73. The van der Waals surface area contributed by atoms with Crippen LogP contribution < -0.4 is 15.8 Å². The molecule has 1 atom stereocenters. The molecule has 2 aromatic carbocycles. The number of anilines is 1. The van der Waals surface area contributed by atoms with Crippen LogP contribution >= 0.6 is 0 Å². The largest absolute Gasteiger partial charge is 0.457 e. The van der Waals surface area contributed by atoms with E-state index in [0.717, 1.165) is 11.1 Å². The molecule has 102 valence electrons. The predicted octanol–water partition coefficient (Wildman–Crippen LogP) is 2.88. The number of halogens is 1. The summed E-state index contributed by atoms with van der Waals surface area (Å²) in [6, 6.07) is 8.84. The molecule has 3 rings (SSSR count). The zero-order chi connectivity index (χ0) is 14.3. The van der Waals surface area contributed by atoms with E-state index in [9.17, 15) is 9.18 Å². The first kappa shape index (κ1) is 12.6. The van der Waals surface area contributed by atoms with E-state index in [-0.39, 0.29) is 11.7 Å². The fraction of sp³-hybridized carbons (Fsp3) is 0.133. The van der Waals surface area contributed by atoms with Crippen molar-refractivity contribution < 1.29 is 13.9 Å². The molecule has 1 amide bonds. The molecule has 0 saturated carbocycles. The van der Waals surface area contributed by atoms with Crippen molar-refractivity contribution in [3.63, 3.8) is 0 Å². The summed E-state index contributed by atoms with van der Waals surface area (Å²) in [5.74, 6) is 0.367. The summed E-state index contributed by atoms with van der Waals surface area (Å²) in [5.41, 5.74) is 7.93. The number of hydrogen-bond donors (Lipinski definition) is 2. The van der Waals surface area contributed by atoms with Gasteiger partial charge >= 0.3 is 0 Å². The van der Waals surface area contributed by atoms with Crippen molar-refractivity contribution in [1.29, 1.82) is 0 Å². The van der Waals surface area contributed by atoms with Crippen molar-refractivity contribution in [3.8, 4) is 11.5 Å². The van der Waals surface area contributed by atoms with Crippen LogP contribution in [0.3, 0.4) is 0 Å². The van der Waals surface area contributed by atoms with E-state index in [1.54, 1.807) is 24.3 Å². The van der Waals surface area contributed by atoms with Crippen LogP contribution in [0.5, 0.6) is 11.5 Å². The minimum absolute atomic E-state index is 0.237. The Morgan fingerprint density at radius 1 is 1.25 bits per heavy atom. The Bertz CT molecular complexity index is 700. The maximum atomic E-state index is 13.2. The summed E-state index contributed by atoms with van der Waals surface area (Å²) < 4.78 is 18.9. The van der Waals surface area contributed by atoms with Crippen molar-refractivity contribution in [1.82, 2.24) is 0 Å². The van der Waals surface area contributed by atoms with E-state index in [2.05, 4.69) is 5.32 Å². The van der Waals surface area contributed by atoms with Gasteiger partial charge in [0.15, 0.2) is 0 Å². The number of aryl methyl sites for hydroxylation is 1. The number of fused-ring (bicyclic) bond motifs is 1. The average molecular weight is 272 g/mol. The summed E-state index contributed by atoms with van der Waals surface area (Å²) in [6.07, 6.45) is 0. The van der Waals surface area contributed by atoms with Gasteiger partial charge in [-0.2, -0.15) is 0 Å². The lowest BCUT2D eigenvalue weighted by Crippen LogP contribution is -2.19. The predicted molar refractivity (Wildman–Crippen MR) is 73.2 cm³/mol. The highest BCUT2D eigenvalue weighted by Crippen LogP contribution is 2.34. The second kappa shape index (κ2) is 4.61. The third-order valence-corrected chi connectivity index (χ3v) is 3.28. The number of nitrogens with one attached hydrogen (secondary N) is 1. The second-order valence-corrected chi connectivity index (χ2v) is 4.73. The van der Waals surface area contributed by atoms with Gasteiger partial charge in [-0.05, 0) is 24.6 Å². The molecule has 0 saturated heterocycles. The number of nitrogens with two attached hydrogens (primary N) is 1. The summed E-state index contributed by atoms with van der Waals surface area (Å²) in [4.78, 5) is 11.5. The minimum atomic E-state index is -0.644. The van der Waals surface area contributed by atoms with Crippen LogP contribution in [0.1, 0.15) is 17.2 Å². The third kappa shape index (κ3) is 2.12. The van der Waals surface area contributed by atoms with E-state index in [1.165, 1.54) is 12.1 Å². The minimum Gasteiger partial charge on any atom is -0.457 e. The zero-order valence-electron chi connectivity index (χ0n) is 10.8. The Morgan fingerprint density at radius 2 is 2.05 bits per heavy atom. The lowest BCUT2D eigenvalue weighted by molar-refractivity contribution is -0.116. The number of amides is 1. The molecule has 20 heavy (non-hydrogen) atoms. The lowest BCUT2D eigenvalue weighted by Gasteiger charge is -2.10. The van der Waals surface area contributed by atoms with E-state index >= 15 is 0 Å². The molecule has 0 radical (unpaired) electrons. The number of hydrogen-bond acceptors (Lipinski definition) is 3. The van der Waals surface area contributed by atoms with Crippen LogP contribution in [0.25, 0.3) is 0 Å². The van der Waals surface area contributed by atoms with Gasteiger partial charge in [0.05, 0.1) is 0 Å². The van der Waals surface area contributed by atoms with Crippen molar-refractivity contribution in [2.75, 3.05) is 5.32 Å². The molecule has 1 aliphatic rings. The quantitative estimate of drug-likeness (QED) is 0.883. The van der Waals surface area contributed by atoms with Gasteiger partial charge in [-0.15, -0.1) is 0 Å². The van der Waals surface area contributed by atoms with Crippen LogP contribution in [-0.4, -0.2) is 5.91 Å². The Morgan fingerprint density at radius 3 is 2.85 bits per heavy atom. The number of carbonyl (C=O) groups is 1. The van der Waals surface area contributed by atoms with Gasteiger partial charge in [-0.1, -0.05) is 12.1 Å². The molecule has 3 N–H and O–H groups in total. The monoisotopic (exact) mass is 272 g/mol. The first-order valence-electron chi connectivity index (χ1n) is 6.19. The highest BCUT2D eigenvalue weighted by atomic mass is 19.1. The Kier molecular flexibility index (Phi) is 2.91. The number of benzene rings is 2. The van der Waals surface area contributed by atoms with Crippen molar-refractivity contribution >= 4 is 11.6 Å². The molecule has 0 aliphatic carbocycles. The molecule has 4 nitrogen and oxygen atoms in total. The van der Waals surface area contributed by atoms with Gasteiger partial charge in [0.1, 0.15) is 23.4 Å². The van der Waals surface area contributed by atoms with E-state index in [0.29, 0.717) is 17.2 Å². The molecular weight excluding hydrogens is 259 g/mol. The van der Waals surface area contributed by atoms with Crippen LogP contribution in [0.4, 0.5) is 10.1 Å². The maximum absolute atomic E-state index is 13.2. The molecule has 1 aliphatic heterocycles. The SMILES string of the molecule is Cc1ccc(F)cc1Oc1ccc2c(c1)NC(=O)C2N. The number of ether oxygens (including phenoxy) is 1. The number of rotatable bonds is 2. The first-order chi connectivity index (χ1) is 9.54. The first-order valence-corrected chi connectivity index (χ1v) is 6.19. The third-order valence-electron chi connectivity index (χ3n) is 3.28. The highest BCUT2D eigenvalue weighted by molar-refractivity contribution is 6.02. The van der Waals surface area contributed by atoms with Crippen LogP contribution in [0, 0.1) is 12.7 Å². The molecule has 0 aromatic heterocycles. The molecular formula is C15H13FN2O2. The Labute approximate surface area is 115 Å². The topological polar surface area (TPSA) is 64.3 Å². The lowest BCUT2D eigenvalue weighted by atomic mass is 10.1. The van der Waals surface area contributed by atoms with E-state index < -0.39 is 6.04 Å². The van der Waals surface area contributed by atoms with Crippen molar-refractivity contribution in [2.24, 2.45) is 5.73 Å². The van der Waals surface area contributed by atoms with Gasteiger partial charge in [-0.3, -0.25) is 4.79 Å². The van der Waals surface area contributed by atoms with E-state index in [1.807, 2.05) is 6.92 Å². The van der Waals surface area contributed by atoms with Gasteiger partial charge in [0.2, 0.25) is 5.91 Å². The Balaban J connectivity index is 1.92. The molecule has 0 fully saturated rings. The summed E-state index contributed by atoms with van der Waals surface area (Å²) in [7, 11) is 0. The Hall–Kier alpha value is -2.40. The summed E-state index contributed by atoms with van der Waals surface area (Å²) in [5, 5.41) is 2.68. The molecule has 2 aromatic rings. The molecule has 0 bridgehead atoms. The van der Waals surface area contributed by atoms with Crippen LogP contribution in [0.2, 0.25) is 0 Å². The smallest absolute Gasteiger partial charge is 0.245 e. The van der Waals surface area contributed by atoms with Crippen molar-refractivity contribution in [3.05, 3.63) is 53.3 Å². The van der Waals surface area contributed by atoms with E-state index in [4.69, 9.17) is 10.5 Å². The highest BCUT2D eigenvalue weighted by Gasteiger charge is 2.27. The normalized spacial score (nSPS) is 16.8. The average Bonchev–Trinajstić information content (AvgIpc) is 2.69. The summed E-state index contributed by atoms with van der Waals surface area (Å²) in [6.45, 7) is 1.83. The van der Waals surface area contributed by atoms with Gasteiger partial charge in [-0.25, -0.2) is 4.39 Å². The number of carbonyl (C=O) groups excluding carboxylic acids is 1. The maximum Gasteiger partial charge on any atom is 0.245 e. The standard InChI is InChI=1S/C15H13FN2O2/c1-8-2-3-9(16)6-13(8)20-10-4-5-11-12(7-10)18-15(19)14(11)17/h2-7,14H,17H2,1H3,(H,18,19). The van der Waals surface area contributed by atoms with Gasteiger partial charge < -0.3 is 15.8 Å². The zero-order valence-corrected chi connectivity index (χ0v) is 10.8. The molecule has 1 unspecified atom stereocenters. The van der Waals surface area contributed by atoms with Crippen molar-refractivity contribution in [2.45, 2.75) is 13.0 Å². The van der Waals surface area contributed by atoms with Crippen LogP contribution in [-0.2, 0) is 4.79 Å². The fourth-order valence-electron chi connectivity index (χ4n) is 2.14. The molecule has 5 heteroatoms.